The van der Waals surface area contributed by atoms with Gasteiger partial charge < -0.3 is 11.1 Å². The zero-order valence-corrected chi connectivity index (χ0v) is 12.2. The molecular weight excluding hydrogens is 248 g/mol. The monoisotopic (exact) mass is 268 g/mol. The minimum absolute atomic E-state index is 0.0720. The first-order chi connectivity index (χ1) is 9.52. The zero-order chi connectivity index (χ0) is 14.7. The molecule has 0 spiro atoms. The van der Waals surface area contributed by atoms with E-state index >= 15 is 0 Å². The van der Waals surface area contributed by atoms with Crippen molar-refractivity contribution in [3.63, 3.8) is 0 Å². The molecule has 104 valence electrons. The van der Waals surface area contributed by atoms with E-state index in [-0.39, 0.29) is 5.91 Å². The normalized spacial score (nSPS) is 17.4. The van der Waals surface area contributed by atoms with Crippen molar-refractivity contribution in [1.82, 2.24) is 0 Å². The number of carbonyl (C=O) groups excluding carboxylic acids is 1. The van der Waals surface area contributed by atoms with Gasteiger partial charge in [0.1, 0.15) is 0 Å². The molecule has 1 aromatic carbocycles. The van der Waals surface area contributed by atoms with Gasteiger partial charge in [0.15, 0.2) is 0 Å². The maximum atomic E-state index is 12.1. The molecule has 0 saturated carbocycles. The van der Waals surface area contributed by atoms with E-state index in [2.05, 4.69) is 24.4 Å². The van der Waals surface area contributed by atoms with Crippen molar-refractivity contribution in [2.24, 2.45) is 5.73 Å². The van der Waals surface area contributed by atoms with Crippen molar-refractivity contribution in [2.75, 3.05) is 5.32 Å². The maximum Gasteiger partial charge on any atom is 0.256 e. The lowest BCUT2D eigenvalue weighted by atomic mass is 10.0. The molecule has 0 fully saturated rings. The van der Waals surface area contributed by atoms with Gasteiger partial charge in [0.25, 0.3) is 5.91 Å². The number of allylic oxidation sites excluding steroid dienone is 4. The Labute approximate surface area is 119 Å². The van der Waals surface area contributed by atoms with Gasteiger partial charge in [-0.1, -0.05) is 31.2 Å². The molecule has 2 rings (SSSR count). The average molecular weight is 268 g/mol. The van der Waals surface area contributed by atoms with Crippen molar-refractivity contribution >= 4 is 23.2 Å². The van der Waals surface area contributed by atoms with Crippen LogP contribution in [0.3, 0.4) is 0 Å². The first kappa shape index (κ1) is 14.1. The molecule has 1 amide bonds. The number of hydrogen-bond acceptors (Lipinski definition) is 2. The summed E-state index contributed by atoms with van der Waals surface area (Å²) in [5.74, 6) is -0.0720. The molecule has 0 unspecified atom stereocenters. The van der Waals surface area contributed by atoms with Crippen LogP contribution in [0.4, 0.5) is 5.69 Å². The fraction of sp³-hybridized carbons (Fsp3) is 0.235. The van der Waals surface area contributed by atoms with Gasteiger partial charge in [-0.25, -0.2) is 0 Å². The van der Waals surface area contributed by atoms with E-state index in [1.807, 2.05) is 38.1 Å². The van der Waals surface area contributed by atoms with Crippen LogP contribution in [0.2, 0.25) is 0 Å². The van der Waals surface area contributed by atoms with Crippen LogP contribution in [0.15, 0.2) is 41.6 Å². The van der Waals surface area contributed by atoms with E-state index in [0.717, 1.165) is 34.5 Å². The van der Waals surface area contributed by atoms with Crippen LogP contribution in [0.25, 0.3) is 11.6 Å². The van der Waals surface area contributed by atoms with E-state index in [0.29, 0.717) is 5.57 Å². The number of hydrogen-bond donors (Lipinski definition) is 2. The average Bonchev–Trinajstić information content (AvgIpc) is 2.72. The molecule has 1 aromatic rings. The molecule has 0 saturated heterocycles. The number of nitrogens with two attached hydrogens (primary N) is 1. The number of anilines is 1. The molecule has 1 heterocycles. The van der Waals surface area contributed by atoms with Crippen LogP contribution in [-0.2, 0) is 4.79 Å². The third-order valence-electron chi connectivity index (χ3n) is 3.36. The lowest BCUT2D eigenvalue weighted by molar-refractivity contribution is -0.110. The highest BCUT2D eigenvalue weighted by molar-refractivity contribution is 6.31. The number of benzene rings is 1. The van der Waals surface area contributed by atoms with Crippen LogP contribution < -0.4 is 11.1 Å². The van der Waals surface area contributed by atoms with E-state index in [4.69, 9.17) is 5.73 Å². The molecule has 0 aliphatic carbocycles. The SMILES string of the molecule is CC/C=C/c1ccc2c(c1)NC(=O)/C2=C\C(C)=C(/C)N. The second-order valence-corrected chi connectivity index (χ2v) is 4.99. The first-order valence-corrected chi connectivity index (χ1v) is 6.80. The third kappa shape index (κ3) is 2.82. The summed E-state index contributed by atoms with van der Waals surface area (Å²) in [6.07, 6.45) is 7.00. The van der Waals surface area contributed by atoms with Crippen LogP contribution in [0.1, 0.15) is 38.3 Å². The summed E-state index contributed by atoms with van der Waals surface area (Å²) in [5.41, 5.74) is 11.0. The highest BCUT2D eigenvalue weighted by Gasteiger charge is 2.23. The van der Waals surface area contributed by atoms with Crippen molar-refractivity contribution < 1.29 is 4.79 Å². The minimum atomic E-state index is -0.0720. The summed E-state index contributed by atoms with van der Waals surface area (Å²) in [4.78, 5) is 12.1. The Bertz CT molecular complexity index is 632. The second kappa shape index (κ2) is 5.78. The van der Waals surface area contributed by atoms with Crippen molar-refractivity contribution in [1.29, 1.82) is 0 Å². The van der Waals surface area contributed by atoms with E-state index in [1.54, 1.807) is 0 Å². The van der Waals surface area contributed by atoms with Gasteiger partial charge in [-0.2, -0.15) is 0 Å². The Morgan fingerprint density at radius 3 is 2.75 bits per heavy atom. The van der Waals surface area contributed by atoms with Gasteiger partial charge in [-0.3, -0.25) is 4.79 Å². The smallest absolute Gasteiger partial charge is 0.256 e. The van der Waals surface area contributed by atoms with Gasteiger partial charge in [0.2, 0.25) is 0 Å². The van der Waals surface area contributed by atoms with Gasteiger partial charge in [0.05, 0.1) is 0 Å². The Balaban J connectivity index is 2.42. The molecule has 0 radical (unpaired) electrons. The molecule has 3 N–H and O–H groups in total. The number of rotatable bonds is 3. The summed E-state index contributed by atoms with van der Waals surface area (Å²) in [6.45, 7) is 5.83. The van der Waals surface area contributed by atoms with Crippen LogP contribution >= 0.6 is 0 Å². The Morgan fingerprint density at radius 1 is 1.35 bits per heavy atom. The van der Waals surface area contributed by atoms with Crippen molar-refractivity contribution in [2.45, 2.75) is 27.2 Å². The summed E-state index contributed by atoms with van der Waals surface area (Å²) in [5, 5.41) is 2.90. The molecule has 0 aromatic heterocycles. The topological polar surface area (TPSA) is 55.1 Å². The summed E-state index contributed by atoms with van der Waals surface area (Å²) >= 11 is 0. The highest BCUT2D eigenvalue weighted by atomic mass is 16.2. The summed E-state index contributed by atoms with van der Waals surface area (Å²) in [7, 11) is 0. The van der Waals surface area contributed by atoms with Crippen molar-refractivity contribution in [3.8, 4) is 0 Å². The quantitative estimate of drug-likeness (QED) is 0.821. The zero-order valence-electron chi connectivity index (χ0n) is 12.2. The first-order valence-electron chi connectivity index (χ1n) is 6.80. The number of amides is 1. The van der Waals surface area contributed by atoms with Crippen molar-refractivity contribution in [3.05, 3.63) is 52.7 Å². The predicted octanol–water partition coefficient (Wildman–Crippen LogP) is 3.70. The van der Waals surface area contributed by atoms with Gasteiger partial charge in [-0.15, -0.1) is 0 Å². The largest absolute Gasteiger partial charge is 0.402 e. The standard InChI is InChI=1S/C17H20N2O/c1-4-5-6-13-7-8-14-15(9-11(2)12(3)18)17(20)19-16(14)10-13/h5-10H,4,18H2,1-3H3,(H,19,20)/b6-5+,12-11+,15-9-. The number of carbonyl (C=O) groups is 1. The Hall–Kier alpha value is -2.29. The fourth-order valence-corrected chi connectivity index (χ4v) is 2.04. The predicted molar refractivity (Wildman–Crippen MR) is 84.9 cm³/mol. The minimum Gasteiger partial charge on any atom is -0.402 e. The second-order valence-electron chi connectivity index (χ2n) is 4.99. The van der Waals surface area contributed by atoms with Gasteiger partial charge in [-0.05, 0) is 43.5 Å². The molecule has 20 heavy (non-hydrogen) atoms. The van der Waals surface area contributed by atoms with Gasteiger partial charge >= 0.3 is 0 Å². The molecule has 3 heteroatoms. The van der Waals surface area contributed by atoms with E-state index in [9.17, 15) is 4.79 Å². The molecule has 0 bridgehead atoms. The molecule has 0 atom stereocenters. The molecule has 1 aliphatic rings. The fourth-order valence-electron chi connectivity index (χ4n) is 2.04. The number of fused-ring (bicyclic) bond motifs is 1. The van der Waals surface area contributed by atoms with Gasteiger partial charge in [0, 0.05) is 22.5 Å². The van der Waals surface area contributed by atoms with Crippen LogP contribution in [0.5, 0.6) is 0 Å². The Morgan fingerprint density at radius 2 is 2.10 bits per heavy atom. The maximum absolute atomic E-state index is 12.1. The van der Waals surface area contributed by atoms with E-state index < -0.39 is 0 Å². The Kier molecular flexibility index (Phi) is 4.08. The summed E-state index contributed by atoms with van der Waals surface area (Å²) in [6, 6.07) is 6.00. The lowest BCUT2D eigenvalue weighted by Gasteiger charge is -2.01. The third-order valence-corrected chi connectivity index (χ3v) is 3.36. The lowest BCUT2D eigenvalue weighted by Crippen LogP contribution is -2.04. The summed E-state index contributed by atoms with van der Waals surface area (Å²) < 4.78 is 0. The molecule has 1 aliphatic heterocycles. The molecule has 3 nitrogen and oxygen atoms in total. The molecular formula is C17H20N2O. The van der Waals surface area contributed by atoms with Crippen LogP contribution in [0, 0.1) is 0 Å². The van der Waals surface area contributed by atoms with E-state index in [1.165, 1.54) is 0 Å². The number of nitrogens with one attached hydrogen (secondary N) is 1. The highest BCUT2D eigenvalue weighted by Crippen LogP contribution is 2.33. The van der Waals surface area contributed by atoms with Crippen LogP contribution in [-0.4, -0.2) is 5.91 Å².